The number of nitrogens with two attached hydrogens (primary N) is 2. The number of carbonyl (C=O) groups is 1. The minimum absolute atomic E-state index is 0.404. The second-order valence-electron chi connectivity index (χ2n) is 4.72. The van der Waals surface area contributed by atoms with Crippen molar-refractivity contribution >= 4 is 39.7 Å². The Morgan fingerprint density at radius 3 is 2.72 bits per heavy atom. The number of primary amides is 1. The van der Waals surface area contributed by atoms with Gasteiger partial charge in [-0.05, 0) is 19.6 Å². The second-order valence-corrected chi connectivity index (χ2v) is 6.53. The van der Waals surface area contributed by atoms with Crippen molar-refractivity contribution in [2.75, 3.05) is 30.0 Å². The van der Waals surface area contributed by atoms with Crippen LogP contribution in [0.15, 0.2) is 4.90 Å². The molecule has 2 rings (SSSR count). The Morgan fingerprint density at radius 1 is 1.61 bits per heavy atom. The third-order valence-electron chi connectivity index (χ3n) is 3.05. The van der Waals surface area contributed by atoms with Crippen molar-refractivity contribution in [1.82, 2.24) is 0 Å². The molecule has 0 radical (unpaired) electrons. The molecule has 7 heteroatoms. The first-order valence-corrected chi connectivity index (χ1v) is 7.63. The summed E-state index contributed by atoms with van der Waals surface area (Å²) in [5.74, 6) is -0.495. The van der Waals surface area contributed by atoms with E-state index in [-0.39, 0.29) is 0 Å². The highest BCUT2D eigenvalue weighted by Crippen LogP contribution is 2.45. The first-order valence-electron chi connectivity index (χ1n) is 5.59. The Hall–Kier alpha value is -0.920. The van der Waals surface area contributed by atoms with Crippen LogP contribution in [0, 0.1) is 0 Å². The van der Waals surface area contributed by atoms with Crippen molar-refractivity contribution in [3.8, 4) is 0 Å². The van der Waals surface area contributed by atoms with E-state index in [0.717, 1.165) is 16.4 Å². The average Bonchev–Trinajstić information content (AvgIpc) is 2.78. The number of thioether (sulfide) groups is 1. The first kappa shape index (κ1) is 13.5. The number of anilines is 2. The average molecular weight is 287 g/mol. The number of thiophene rings is 1. The summed E-state index contributed by atoms with van der Waals surface area (Å²) in [6.45, 7) is 3.13. The highest BCUT2D eigenvalue weighted by atomic mass is 32.2. The van der Waals surface area contributed by atoms with Gasteiger partial charge in [0.1, 0.15) is 9.88 Å². The van der Waals surface area contributed by atoms with Gasteiger partial charge in [-0.1, -0.05) is 0 Å². The van der Waals surface area contributed by atoms with Crippen molar-refractivity contribution in [3.63, 3.8) is 0 Å². The van der Waals surface area contributed by atoms with Crippen LogP contribution in [0.4, 0.5) is 10.7 Å². The predicted octanol–water partition coefficient (Wildman–Crippen LogP) is 1.11. The van der Waals surface area contributed by atoms with E-state index in [1.165, 1.54) is 23.1 Å². The molecule has 2 heterocycles. The van der Waals surface area contributed by atoms with Crippen LogP contribution in [0.5, 0.6) is 0 Å². The summed E-state index contributed by atoms with van der Waals surface area (Å²) < 4.78 is 0. The lowest BCUT2D eigenvalue weighted by atomic mass is 10.1. The molecule has 1 aromatic rings. The fraction of sp³-hybridized carbons (Fsp3) is 0.545. The first-order chi connectivity index (χ1) is 8.35. The molecule has 1 unspecified atom stereocenters. The number of carbonyl (C=O) groups excluding carboxylic acids is 1. The van der Waals surface area contributed by atoms with Crippen LogP contribution in [0.1, 0.15) is 23.0 Å². The van der Waals surface area contributed by atoms with Gasteiger partial charge in [-0.25, -0.2) is 0 Å². The maximum atomic E-state index is 11.3. The van der Waals surface area contributed by atoms with E-state index in [1.807, 2.05) is 13.2 Å². The number of hydrogen-bond acceptors (Lipinski definition) is 6. The summed E-state index contributed by atoms with van der Waals surface area (Å²) in [7, 11) is 0. The number of rotatable bonds is 3. The summed E-state index contributed by atoms with van der Waals surface area (Å²) in [6, 6.07) is 0. The quantitative estimate of drug-likeness (QED) is 0.724. The van der Waals surface area contributed by atoms with E-state index in [4.69, 9.17) is 11.5 Å². The highest BCUT2D eigenvalue weighted by Gasteiger charge is 2.34. The highest BCUT2D eigenvalue weighted by molar-refractivity contribution is 7.99. The molecule has 0 saturated carbocycles. The zero-order valence-corrected chi connectivity index (χ0v) is 12.0. The number of hydrogen-bond donors (Lipinski definition) is 3. The molecule has 0 spiro atoms. The fourth-order valence-corrected chi connectivity index (χ4v) is 4.18. The number of β-amino-alcohol motifs (C(OH)–C–C–N with tert-alkyl or cyclic N) is 1. The predicted molar refractivity (Wildman–Crippen MR) is 76.5 cm³/mol. The largest absolute Gasteiger partial charge is 0.396 e. The van der Waals surface area contributed by atoms with Gasteiger partial charge in [0.2, 0.25) is 0 Å². The minimum atomic E-state index is -0.679. The third-order valence-corrected chi connectivity index (χ3v) is 5.28. The van der Waals surface area contributed by atoms with Crippen LogP contribution in [0.2, 0.25) is 0 Å². The SMILES string of the molecule is CSc1c(N2CCC(C)(O)C2)sc(C(N)=O)c1N. The third kappa shape index (κ3) is 2.30. The maximum Gasteiger partial charge on any atom is 0.261 e. The molecule has 5 nitrogen and oxygen atoms in total. The molecule has 1 aliphatic heterocycles. The van der Waals surface area contributed by atoms with Crippen molar-refractivity contribution in [2.24, 2.45) is 5.73 Å². The van der Waals surface area contributed by atoms with Crippen molar-refractivity contribution < 1.29 is 9.90 Å². The van der Waals surface area contributed by atoms with Crippen molar-refractivity contribution in [2.45, 2.75) is 23.8 Å². The van der Waals surface area contributed by atoms with E-state index in [0.29, 0.717) is 23.5 Å². The summed E-state index contributed by atoms with van der Waals surface area (Å²) in [5.41, 5.74) is 11.0. The Labute approximate surface area is 114 Å². The van der Waals surface area contributed by atoms with Crippen LogP contribution in [-0.2, 0) is 0 Å². The molecule has 0 aliphatic carbocycles. The van der Waals surface area contributed by atoms with E-state index in [9.17, 15) is 9.90 Å². The van der Waals surface area contributed by atoms with E-state index < -0.39 is 11.5 Å². The lowest BCUT2D eigenvalue weighted by Gasteiger charge is -2.20. The van der Waals surface area contributed by atoms with Crippen molar-refractivity contribution in [1.29, 1.82) is 0 Å². The number of aliphatic hydroxyl groups is 1. The summed E-state index contributed by atoms with van der Waals surface area (Å²) in [4.78, 5) is 14.7. The number of amides is 1. The molecule has 1 fully saturated rings. The standard InChI is InChI=1S/C11H17N3O2S2/c1-11(16)3-4-14(5-11)10-8(17-2)6(12)7(18-10)9(13)15/h16H,3-5,12H2,1-2H3,(H2,13,15). The fourth-order valence-electron chi connectivity index (χ4n) is 2.12. The molecule has 1 saturated heterocycles. The van der Waals surface area contributed by atoms with Gasteiger partial charge < -0.3 is 21.5 Å². The Kier molecular flexibility index (Phi) is 3.48. The van der Waals surface area contributed by atoms with Crippen LogP contribution >= 0.6 is 23.1 Å². The molecule has 1 aliphatic rings. The molecule has 0 aromatic carbocycles. The minimum Gasteiger partial charge on any atom is -0.396 e. The monoisotopic (exact) mass is 287 g/mol. The molecule has 1 amide bonds. The van der Waals surface area contributed by atoms with Gasteiger partial charge in [-0.3, -0.25) is 4.79 Å². The summed E-state index contributed by atoms with van der Waals surface area (Å²) in [6.07, 6.45) is 2.63. The molecule has 1 atom stereocenters. The van der Waals surface area contributed by atoms with Gasteiger partial charge in [0.15, 0.2) is 0 Å². The molecule has 1 aromatic heterocycles. The molecular weight excluding hydrogens is 270 g/mol. The van der Waals surface area contributed by atoms with Crippen molar-refractivity contribution in [3.05, 3.63) is 4.88 Å². The van der Waals surface area contributed by atoms with Crippen LogP contribution in [0.25, 0.3) is 0 Å². The lowest BCUT2D eigenvalue weighted by molar-refractivity contribution is 0.0839. The van der Waals surface area contributed by atoms with Crippen LogP contribution < -0.4 is 16.4 Å². The van der Waals surface area contributed by atoms with Gasteiger partial charge in [0, 0.05) is 13.1 Å². The van der Waals surface area contributed by atoms with Crippen LogP contribution in [-0.4, -0.2) is 36.0 Å². The van der Waals surface area contributed by atoms with Gasteiger partial charge in [-0.15, -0.1) is 23.1 Å². The number of nitrogen functional groups attached to an aromatic ring is 1. The Morgan fingerprint density at radius 2 is 2.28 bits per heavy atom. The van der Waals surface area contributed by atoms with Gasteiger partial charge in [-0.2, -0.15) is 0 Å². The maximum absolute atomic E-state index is 11.3. The molecule has 5 N–H and O–H groups in total. The van der Waals surface area contributed by atoms with E-state index in [1.54, 1.807) is 0 Å². The summed E-state index contributed by atoms with van der Waals surface area (Å²) in [5, 5.41) is 10.9. The second kappa shape index (κ2) is 4.64. The topological polar surface area (TPSA) is 92.6 Å². The van der Waals surface area contributed by atoms with Gasteiger partial charge in [0.05, 0.1) is 16.2 Å². The number of nitrogens with zero attached hydrogens (tertiary/aromatic N) is 1. The molecular formula is C11H17N3O2S2. The zero-order valence-electron chi connectivity index (χ0n) is 10.4. The van der Waals surface area contributed by atoms with Crippen LogP contribution in [0.3, 0.4) is 0 Å². The zero-order chi connectivity index (χ0) is 13.5. The molecule has 18 heavy (non-hydrogen) atoms. The molecule has 0 bridgehead atoms. The Bertz CT molecular complexity index is 485. The lowest BCUT2D eigenvalue weighted by Crippen LogP contribution is -2.29. The molecule has 100 valence electrons. The van der Waals surface area contributed by atoms with Gasteiger partial charge in [0.25, 0.3) is 5.91 Å². The Balaban J connectivity index is 2.39. The van der Waals surface area contributed by atoms with E-state index in [2.05, 4.69) is 4.90 Å². The normalized spacial score (nSPS) is 23.6. The van der Waals surface area contributed by atoms with E-state index >= 15 is 0 Å². The van der Waals surface area contributed by atoms with Gasteiger partial charge >= 0.3 is 0 Å². The smallest absolute Gasteiger partial charge is 0.261 e. The summed E-state index contributed by atoms with van der Waals surface area (Å²) >= 11 is 2.81.